The van der Waals surface area contributed by atoms with E-state index in [0.29, 0.717) is 22.8 Å². The molecule has 0 atom stereocenters. The van der Waals surface area contributed by atoms with Crippen molar-refractivity contribution in [2.75, 3.05) is 4.90 Å². The summed E-state index contributed by atoms with van der Waals surface area (Å²) in [4.78, 5) is 15.3. The van der Waals surface area contributed by atoms with Crippen LogP contribution in [0.2, 0.25) is 5.02 Å². The van der Waals surface area contributed by atoms with E-state index in [2.05, 4.69) is 0 Å². The zero-order chi connectivity index (χ0) is 24.4. The van der Waals surface area contributed by atoms with E-state index >= 15 is 0 Å². The van der Waals surface area contributed by atoms with Gasteiger partial charge in [0, 0.05) is 22.2 Å². The van der Waals surface area contributed by atoms with Crippen LogP contribution in [0.5, 0.6) is 0 Å². The topological polar surface area (TPSA) is 54.5 Å². The van der Waals surface area contributed by atoms with Crippen molar-refractivity contribution in [1.29, 1.82) is 0 Å². The lowest BCUT2D eigenvalue weighted by atomic mass is 9.67. The third-order valence-corrected chi connectivity index (χ3v) is 9.97. The molecule has 1 spiro atoms. The molecule has 0 heterocycles. The van der Waals surface area contributed by atoms with Crippen LogP contribution in [0.4, 0.5) is 5.69 Å². The maximum Gasteiger partial charge on any atom is 0.232 e. The molecule has 0 radical (unpaired) electrons. The molecule has 2 aromatic carbocycles. The maximum absolute atomic E-state index is 13.9. The molecule has 4 rings (SSSR count). The van der Waals surface area contributed by atoms with Gasteiger partial charge in [0.25, 0.3) is 0 Å². The van der Waals surface area contributed by atoms with E-state index in [0.717, 1.165) is 29.7 Å². The predicted molar refractivity (Wildman–Crippen MR) is 134 cm³/mol. The fourth-order valence-corrected chi connectivity index (χ4v) is 7.77. The third kappa shape index (κ3) is 4.01. The Hall–Kier alpha value is -1.85. The van der Waals surface area contributed by atoms with Crippen molar-refractivity contribution in [3.8, 4) is 0 Å². The molecule has 33 heavy (non-hydrogen) atoms. The SMILES string of the molecule is Cc1cc(C2(S(=O)(=O)c3ccc(Cl)cc3)CC3(CC3)C2)ccc1N(C(=O)C(C)(C)C)C(C)C. The average Bonchev–Trinajstić information content (AvgIpc) is 3.48. The van der Waals surface area contributed by atoms with Gasteiger partial charge in [-0.05, 0) is 93.3 Å². The molecule has 6 heteroatoms. The van der Waals surface area contributed by atoms with Crippen LogP contribution in [0.25, 0.3) is 0 Å². The van der Waals surface area contributed by atoms with Crippen molar-refractivity contribution < 1.29 is 13.2 Å². The van der Waals surface area contributed by atoms with Crippen LogP contribution in [-0.2, 0) is 19.4 Å². The quantitative estimate of drug-likeness (QED) is 0.472. The van der Waals surface area contributed by atoms with Crippen molar-refractivity contribution in [3.63, 3.8) is 0 Å². The molecule has 0 saturated heterocycles. The fraction of sp³-hybridized carbons (Fsp3) is 0.519. The molecule has 2 aromatic rings. The molecule has 0 bridgehead atoms. The first-order valence-electron chi connectivity index (χ1n) is 11.7. The second-order valence-electron chi connectivity index (χ2n) is 11.3. The van der Waals surface area contributed by atoms with Crippen molar-refractivity contribution in [1.82, 2.24) is 0 Å². The Morgan fingerprint density at radius 1 is 1.03 bits per heavy atom. The number of sulfone groups is 1. The minimum Gasteiger partial charge on any atom is -0.309 e. The normalized spacial score (nSPS) is 18.8. The van der Waals surface area contributed by atoms with Gasteiger partial charge in [0.1, 0.15) is 4.75 Å². The standard InChI is InChI=1S/C27H34ClNO3S/c1-18(2)29(24(30)25(4,5)6)23-12-7-20(15-19(23)3)27(16-26(17-27)13-14-26)33(31,32)22-10-8-21(28)9-11-22/h7-12,15,18H,13-14,16-17H2,1-6H3. The summed E-state index contributed by atoms with van der Waals surface area (Å²) < 4.78 is 26.9. The molecule has 178 valence electrons. The molecule has 2 saturated carbocycles. The third-order valence-electron chi connectivity index (χ3n) is 7.28. The van der Waals surface area contributed by atoms with Gasteiger partial charge in [0.05, 0.1) is 4.90 Å². The van der Waals surface area contributed by atoms with Crippen LogP contribution in [0.1, 0.15) is 71.4 Å². The highest BCUT2D eigenvalue weighted by Crippen LogP contribution is 2.71. The molecule has 2 aliphatic rings. The van der Waals surface area contributed by atoms with Crippen molar-refractivity contribution in [2.24, 2.45) is 10.8 Å². The van der Waals surface area contributed by atoms with Gasteiger partial charge >= 0.3 is 0 Å². The van der Waals surface area contributed by atoms with Crippen LogP contribution >= 0.6 is 11.6 Å². The van der Waals surface area contributed by atoms with E-state index in [1.165, 1.54) is 0 Å². The number of halogens is 1. The van der Waals surface area contributed by atoms with Crippen molar-refractivity contribution in [3.05, 3.63) is 58.6 Å². The van der Waals surface area contributed by atoms with Crippen LogP contribution in [-0.4, -0.2) is 20.4 Å². The molecule has 0 aromatic heterocycles. The van der Waals surface area contributed by atoms with Crippen molar-refractivity contribution >= 4 is 33.0 Å². The smallest absolute Gasteiger partial charge is 0.232 e. The number of benzene rings is 2. The largest absolute Gasteiger partial charge is 0.309 e. The Kier molecular flexibility index (Phi) is 5.77. The van der Waals surface area contributed by atoms with Gasteiger partial charge in [-0.3, -0.25) is 4.79 Å². The lowest BCUT2D eigenvalue weighted by molar-refractivity contribution is -0.126. The first kappa shape index (κ1) is 24.3. The van der Waals surface area contributed by atoms with Gasteiger partial charge in [-0.1, -0.05) is 44.5 Å². The molecule has 1 amide bonds. The zero-order valence-corrected chi connectivity index (χ0v) is 22.0. The number of rotatable bonds is 5. The highest BCUT2D eigenvalue weighted by atomic mass is 35.5. The monoisotopic (exact) mass is 487 g/mol. The van der Waals surface area contributed by atoms with Gasteiger partial charge in [0.15, 0.2) is 9.84 Å². The molecule has 0 unspecified atom stereocenters. The predicted octanol–water partition coefficient (Wildman–Crippen LogP) is 6.68. The summed E-state index contributed by atoms with van der Waals surface area (Å²) in [6.45, 7) is 11.7. The lowest BCUT2D eigenvalue weighted by Crippen LogP contribution is -2.49. The van der Waals surface area contributed by atoms with E-state index in [-0.39, 0.29) is 17.4 Å². The number of aryl methyl sites for hydroxylation is 1. The zero-order valence-electron chi connectivity index (χ0n) is 20.4. The summed E-state index contributed by atoms with van der Waals surface area (Å²) in [6.07, 6.45) is 3.50. The Bertz CT molecular complexity index is 1180. The van der Waals surface area contributed by atoms with E-state index in [1.807, 2.05) is 64.6 Å². The van der Waals surface area contributed by atoms with Crippen LogP contribution < -0.4 is 4.90 Å². The van der Waals surface area contributed by atoms with Crippen LogP contribution in [0, 0.1) is 17.8 Å². The number of hydrogen-bond donors (Lipinski definition) is 0. The summed E-state index contributed by atoms with van der Waals surface area (Å²) in [6, 6.07) is 12.3. The molecular formula is C27H34ClNO3S. The first-order chi connectivity index (χ1) is 15.2. The molecular weight excluding hydrogens is 454 g/mol. The molecule has 0 aliphatic heterocycles. The number of carbonyl (C=O) groups excluding carboxylic acids is 1. The molecule has 4 nitrogen and oxygen atoms in total. The maximum atomic E-state index is 13.9. The van der Waals surface area contributed by atoms with Crippen LogP contribution in [0.15, 0.2) is 47.4 Å². The van der Waals surface area contributed by atoms with E-state index in [9.17, 15) is 13.2 Å². The minimum absolute atomic E-state index is 0.00790. The Balaban J connectivity index is 1.78. The summed E-state index contributed by atoms with van der Waals surface area (Å²) in [7, 11) is -3.61. The number of nitrogens with zero attached hydrogens (tertiary/aromatic N) is 1. The van der Waals surface area contributed by atoms with Gasteiger partial charge in [0.2, 0.25) is 5.91 Å². The van der Waals surface area contributed by atoms with Crippen molar-refractivity contribution in [2.45, 2.75) is 82.9 Å². The summed E-state index contributed by atoms with van der Waals surface area (Å²) in [5.41, 5.74) is 2.25. The lowest BCUT2D eigenvalue weighted by Gasteiger charge is -2.48. The second kappa shape index (κ2) is 7.84. The Labute approximate surface area is 203 Å². The Morgan fingerprint density at radius 3 is 2.06 bits per heavy atom. The summed E-state index contributed by atoms with van der Waals surface area (Å²) >= 11 is 6.02. The van der Waals surface area contributed by atoms with Gasteiger partial charge in [-0.2, -0.15) is 0 Å². The summed E-state index contributed by atoms with van der Waals surface area (Å²) in [5, 5.41) is 0.521. The molecule has 2 aliphatic carbocycles. The highest BCUT2D eigenvalue weighted by Gasteiger charge is 2.67. The van der Waals surface area contributed by atoms with E-state index in [4.69, 9.17) is 11.6 Å². The number of anilines is 1. The second-order valence-corrected chi connectivity index (χ2v) is 14.0. The minimum atomic E-state index is -3.61. The molecule has 2 fully saturated rings. The number of carbonyl (C=O) groups is 1. The number of amides is 1. The van der Waals surface area contributed by atoms with Gasteiger partial charge < -0.3 is 4.90 Å². The summed E-state index contributed by atoms with van der Waals surface area (Å²) in [5.74, 6) is 0.0532. The highest BCUT2D eigenvalue weighted by molar-refractivity contribution is 7.92. The van der Waals surface area contributed by atoms with Crippen LogP contribution in [0.3, 0.4) is 0 Å². The van der Waals surface area contributed by atoms with Gasteiger partial charge in [-0.25, -0.2) is 8.42 Å². The van der Waals surface area contributed by atoms with E-state index in [1.54, 1.807) is 24.3 Å². The fourth-order valence-electron chi connectivity index (χ4n) is 5.27. The van der Waals surface area contributed by atoms with Gasteiger partial charge in [-0.15, -0.1) is 0 Å². The Morgan fingerprint density at radius 2 is 1.61 bits per heavy atom. The van der Waals surface area contributed by atoms with E-state index < -0.39 is 20.0 Å². The average molecular weight is 488 g/mol. The molecule has 0 N–H and O–H groups in total. The number of hydrogen-bond acceptors (Lipinski definition) is 3. The first-order valence-corrected chi connectivity index (χ1v) is 13.5.